The van der Waals surface area contributed by atoms with Gasteiger partial charge in [-0.25, -0.2) is 0 Å². The van der Waals surface area contributed by atoms with Crippen molar-refractivity contribution in [1.29, 1.82) is 0 Å². The number of aliphatic hydroxyl groups is 1. The number of para-hydroxylation sites is 1. The molecule has 1 N–H and O–H groups in total. The number of carbonyl (C=O) groups is 2. The van der Waals surface area contributed by atoms with Crippen molar-refractivity contribution in [3.8, 4) is 11.5 Å². The van der Waals surface area contributed by atoms with Gasteiger partial charge in [-0.2, -0.15) is 0 Å². The SMILES string of the molecule is COc1ccc(C2/C(=C(/O)c3ccc(Cl)cc3)C(=O)C(=O)N2c2ccccc2)c(OC)c1. The highest BCUT2D eigenvalue weighted by atomic mass is 35.5. The number of halogens is 1. The summed E-state index contributed by atoms with van der Waals surface area (Å²) in [6.07, 6.45) is 0. The molecule has 0 bridgehead atoms. The molecule has 0 aromatic heterocycles. The maximum absolute atomic E-state index is 13.2. The number of aliphatic hydroxyl groups excluding tert-OH is 1. The molecule has 1 amide bonds. The number of amides is 1. The highest BCUT2D eigenvalue weighted by Gasteiger charge is 2.48. The summed E-state index contributed by atoms with van der Waals surface area (Å²) < 4.78 is 10.8. The molecule has 1 unspecified atom stereocenters. The van der Waals surface area contributed by atoms with Crippen LogP contribution in [-0.2, 0) is 9.59 Å². The molecule has 1 atom stereocenters. The van der Waals surface area contributed by atoms with E-state index >= 15 is 0 Å². The van der Waals surface area contributed by atoms with Crippen molar-refractivity contribution in [3.63, 3.8) is 0 Å². The minimum absolute atomic E-state index is 0.0374. The normalized spacial score (nSPS) is 17.5. The van der Waals surface area contributed by atoms with Crippen molar-refractivity contribution in [2.75, 3.05) is 19.1 Å². The fraction of sp³-hybridized carbons (Fsp3) is 0.120. The summed E-state index contributed by atoms with van der Waals surface area (Å²) in [4.78, 5) is 27.7. The number of rotatable bonds is 5. The first kappa shape index (κ1) is 21.5. The summed E-state index contributed by atoms with van der Waals surface area (Å²) in [6.45, 7) is 0. The Morgan fingerprint density at radius 3 is 2.25 bits per heavy atom. The van der Waals surface area contributed by atoms with E-state index in [0.717, 1.165) is 0 Å². The van der Waals surface area contributed by atoms with Crippen molar-refractivity contribution in [1.82, 2.24) is 0 Å². The maximum atomic E-state index is 13.2. The Labute approximate surface area is 190 Å². The van der Waals surface area contributed by atoms with Crippen LogP contribution in [0.1, 0.15) is 17.2 Å². The van der Waals surface area contributed by atoms with Gasteiger partial charge in [-0.05, 0) is 48.5 Å². The molecule has 0 saturated carbocycles. The zero-order chi connectivity index (χ0) is 22.8. The Balaban J connectivity index is 1.98. The van der Waals surface area contributed by atoms with Crippen molar-refractivity contribution in [2.24, 2.45) is 0 Å². The number of benzene rings is 3. The summed E-state index contributed by atoms with van der Waals surface area (Å²) in [5.74, 6) is -0.848. The molecule has 3 aromatic carbocycles. The first-order chi connectivity index (χ1) is 15.5. The lowest BCUT2D eigenvalue weighted by atomic mass is 9.94. The quantitative estimate of drug-likeness (QED) is 0.337. The highest BCUT2D eigenvalue weighted by Crippen LogP contribution is 2.45. The van der Waals surface area contributed by atoms with Crippen LogP contribution in [0.5, 0.6) is 11.5 Å². The van der Waals surface area contributed by atoms with Crippen LogP contribution in [-0.4, -0.2) is 31.0 Å². The van der Waals surface area contributed by atoms with Crippen LogP contribution in [0.2, 0.25) is 5.02 Å². The Morgan fingerprint density at radius 2 is 1.62 bits per heavy atom. The molecule has 7 heteroatoms. The summed E-state index contributed by atoms with van der Waals surface area (Å²) in [7, 11) is 3.02. The van der Waals surface area contributed by atoms with Crippen molar-refractivity contribution < 1.29 is 24.2 Å². The average molecular weight is 450 g/mol. The minimum atomic E-state index is -0.908. The van der Waals surface area contributed by atoms with Gasteiger partial charge in [0.05, 0.1) is 25.8 Å². The molecular formula is C25H20ClNO5. The van der Waals surface area contributed by atoms with Crippen LogP contribution in [0, 0.1) is 0 Å². The van der Waals surface area contributed by atoms with E-state index in [1.54, 1.807) is 66.7 Å². The molecule has 1 aliphatic rings. The van der Waals surface area contributed by atoms with Crippen LogP contribution in [0.25, 0.3) is 5.76 Å². The molecule has 6 nitrogen and oxygen atoms in total. The first-order valence-electron chi connectivity index (χ1n) is 9.80. The topological polar surface area (TPSA) is 76.1 Å². The van der Waals surface area contributed by atoms with E-state index in [9.17, 15) is 14.7 Å². The van der Waals surface area contributed by atoms with Gasteiger partial charge >= 0.3 is 0 Å². The van der Waals surface area contributed by atoms with Gasteiger partial charge in [0, 0.05) is 27.9 Å². The zero-order valence-corrected chi connectivity index (χ0v) is 18.2. The van der Waals surface area contributed by atoms with Crippen LogP contribution in [0.15, 0.2) is 78.4 Å². The predicted octanol–water partition coefficient (Wildman–Crippen LogP) is 4.98. The zero-order valence-electron chi connectivity index (χ0n) is 17.4. The third kappa shape index (κ3) is 3.69. The summed E-state index contributed by atoms with van der Waals surface area (Å²) >= 11 is 5.97. The van der Waals surface area contributed by atoms with Gasteiger partial charge < -0.3 is 14.6 Å². The summed E-state index contributed by atoms with van der Waals surface area (Å²) in [6, 6.07) is 19.4. The fourth-order valence-corrected chi connectivity index (χ4v) is 3.92. The molecule has 0 spiro atoms. The predicted molar refractivity (Wildman–Crippen MR) is 122 cm³/mol. The van der Waals surface area contributed by atoms with Gasteiger partial charge in [0.15, 0.2) is 0 Å². The lowest BCUT2D eigenvalue weighted by molar-refractivity contribution is -0.132. The second-order valence-corrected chi connectivity index (χ2v) is 7.56. The minimum Gasteiger partial charge on any atom is -0.507 e. The maximum Gasteiger partial charge on any atom is 0.300 e. The van der Waals surface area contributed by atoms with E-state index in [2.05, 4.69) is 0 Å². The third-order valence-electron chi connectivity index (χ3n) is 5.33. The summed E-state index contributed by atoms with van der Waals surface area (Å²) in [5, 5.41) is 11.6. The van der Waals surface area contributed by atoms with Crippen LogP contribution < -0.4 is 14.4 Å². The monoisotopic (exact) mass is 449 g/mol. The van der Waals surface area contributed by atoms with Gasteiger partial charge in [-0.3, -0.25) is 14.5 Å². The van der Waals surface area contributed by atoms with E-state index in [1.807, 2.05) is 6.07 Å². The van der Waals surface area contributed by atoms with Gasteiger partial charge in [0.1, 0.15) is 17.3 Å². The third-order valence-corrected chi connectivity index (χ3v) is 5.58. The number of carbonyl (C=O) groups excluding carboxylic acids is 2. The fourth-order valence-electron chi connectivity index (χ4n) is 3.79. The van der Waals surface area contributed by atoms with Crippen molar-refractivity contribution in [2.45, 2.75) is 6.04 Å². The number of nitrogens with zero attached hydrogens (tertiary/aromatic N) is 1. The Morgan fingerprint density at radius 1 is 0.938 bits per heavy atom. The van der Waals surface area contributed by atoms with Gasteiger partial charge in [-0.15, -0.1) is 0 Å². The lowest BCUT2D eigenvalue weighted by Crippen LogP contribution is -2.29. The van der Waals surface area contributed by atoms with E-state index in [4.69, 9.17) is 21.1 Å². The van der Waals surface area contributed by atoms with Gasteiger partial charge in [0.25, 0.3) is 11.7 Å². The molecule has 1 fully saturated rings. The highest BCUT2D eigenvalue weighted by molar-refractivity contribution is 6.51. The molecule has 162 valence electrons. The molecule has 1 aliphatic heterocycles. The number of ketones is 1. The first-order valence-corrected chi connectivity index (χ1v) is 10.2. The Kier molecular flexibility index (Phi) is 5.88. The number of hydrogen-bond donors (Lipinski definition) is 1. The van der Waals surface area contributed by atoms with E-state index in [0.29, 0.717) is 33.3 Å². The Bertz CT molecular complexity index is 1200. The van der Waals surface area contributed by atoms with Crippen LogP contribution in [0.3, 0.4) is 0 Å². The largest absolute Gasteiger partial charge is 0.507 e. The molecule has 4 rings (SSSR count). The molecule has 1 heterocycles. The van der Waals surface area contributed by atoms with Gasteiger partial charge in [-0.1, -0.05) is 29.8 Å². The molecule has 3 aromatic rings. The van der Waals surface area contributed by atoms with Crippen LogP contribution >= 0.6 is 11.6 Å². The average Bonchev–Trinajstić information content (AvgIpc) is 3.09. The number of Topliss-reactive ketones (excluding diaryl/α,β-unsaturated/α-hetero) is 1. The lowest BCUT2D eigenvalue weighted by Gasteiger charge is -2.26. The van der Waals surface area contributed by atoms with Crippen LogP contribution in [0.4, 0.5) is 5.69 Å². The summed E-state index contributed by atoms with van der Waals surface area (Å²) in [5.41, 5.74) is 1.39. The van der Waals surface area contributed by atoms with Crippen molar-refractivity contribution in [3.05, 3.63) is 94.5 Å². The number of ether oxygens (including phenoxy) is 2. The second-order valence-electron chi connectivity index (χ2n) is 7.12. The number of hydrogen-bond acceptors (Lipinski definition) is 5. The molecule has 1 saturated heterocycles. The van der Waals surface area contributed by atoms with E-state index in [1.165, 1.54) is 19.1 Å². The molecule has 32 heavy (non-hydrogen) atoms. The molecular weight excluding hydrogens is 430 g/mol. The smallest absolute Gasteiger partial charge is 0.300 e. The number of methoxy groups -OCH3 is 2. The standard InChI is InChI=1S/C25H20ClNO5/c1-31-18-12-13-19(20(14-18)32-2)22-21(23(28)15-8-10-16(26)11-9-15)24(29)25(30)27(22)17-6-4-3-5-7-17/h3-14,22,28H,1-2H3/b23-21-. The van der Waals surface area contributed by atoms with E-state index in [-0.39, 0.29) is 11.3 Å². The van der Waals surface area contributed by atoms with Crippen molar-refractivity contribution >= 4 is 34.7 Å². The van der Waals surface area contributed by atoms with E-state index < -0.39 is 17.7 Å². The Hall–Kier alpha value is -3.77. The molecule has 0 radical (unpaired) electrons. The van der Waals surface area contributed by atoms with Gasteiger partial charge in [0.2, 0.25) is 0 Å². The second kappa shape index (κ2) is 8.77. The number of anilines is 1. The molecule has 0 aliphatic carbocycles.